The number of hydrogen-bond donors (Lipinski definition) is 4. The first-order chi connectivity index (χ1) is 16.8. The summed E-state index contributed by atoms with van der Waals surface area (Å²) >= 11 is 0. The molecule has 184 valence electrons. The fraction of sp³-hybridized carbons (Fsp3) is 0.375. The van der Waals surface area contributed by atoms with Gasteiger partial charge in [0, 0.05) is 25.0 Å². The summed E-state index contributed by atoms with van der Waals surface area (Å²) in [5.74, 6) is 0.942. The van der Waals surface area contributed by atoms with E-state index < -0.39 is 18.3 Å². The maximum atomic E-state index is 13.4. The lowest BCUT2D eigenvalue weighted by Gasteiger charge is -2.30. The third-order valence-electron chi connectivity index (χ3n) is 6.38. The number of aliphatic hydroxyl groups is 2. The van der Waals surface area contributed by atoms with Crippen LogP contribution in [-0.4, -0.2) is 49.7 Å². The summed E-state index contributed by atoms with van der Waals surface area (Å²) in [7, 11) is 0. The SMILES string of the molecule is CCN1C(O)c2cnc(Nc3ccc4c(c3)CCNC4)nc2N1c1cccc(C(C)(O)C(F)F)n1. The minimum absolute atomic E-state index is 0.181. The van der Waals surface area contributed by atoms with E-state index in [0.29, 0.717) is 23.9 Å². The number of aliphatic hydroxyl groups excluding tert-OH is 1. The number of pyridine rings is 1. The van der Waals surface area contributed by atoms with Crippen molar-refractivity contribution in [1.82, 2.24) is 25.3 Å². The molecule has 2 atom stereocenters. The minimum atomic E-state index is -3.02. The third kappa shape index (κ3) is 4.20. The smallest absolute Gasteiger partial charge is 0.272 e. The molecule has 0 aliphatic carbocycles. The summed E-state index contributed by atoms with van der Waals surface area (Å²) < 4.78 is 26.9. The minimum Gasteiger partial charge on any atom is -0.378 e. The van der Waals surface area contributed by atoms with E-state index in [1.807, 2.05) is 13.0 Å². The molecule has 5 rings (SSSR count). The van der Waals surface area contributed by atoms with Gasteiger partial charge in [0.2, 0.25) is 5.95 Å². The van der Waals surface area contributed by atoms with Crippen LogP contribution in [0.5, 0.6) is 0 Å². The highest BCUT2D eigenvalue weighted by molar-refractivity contribution is 5.65. The number of benzene rings is 1. The molecule has 0 radical (unpaired) electrons. The number of nitrogens with zero attached hydrogens (tertiary/aromatic N) is 5. The van der Waals surface area contributed by atoms with Crippen molar-refractivity contribution in [3.05, 3.63) is 65.0 Å². The van der Waals surface area contributed by atoms with E-state index in [-0.39, 0.29) is 11.5 Å². The van der Waals surface area contributed by atoms with Crippen LogP contribution in [0.15, 0.2) is 42.6 Å². The quantitative estimate of drug-likeness (QED) is 0.420. The summed E-state index contributed by atoms with van der Waals surface area (Å²) in [4.78, 5) is 13.3. The van der Waals surface area contributed by atoms with Gasteiger partial charge in [-0.05, 0) is 55.3 Å². The molecule has 2 aliphatic rings. The van der Waals surface area contributed by atoms with Crippen molar-refractivity contribution in [1.29, 1.82) is 0 Å². The molecule has 9 nitrogen and oxygen atoms in total. The molecule has 3 aromatic rings. The van der Waals surface area contributed by atoms with E-state index in [9.17, 15) is 19.0 Å². The molecule has 4 N–H and O–H groups in total. The lowest BCUT2D eigenvalue weighted by atomic mass is 10.0. The van der Waals surface area contributed by atoms with E-state index in [2.05, 4.69) is 37.7 Å². The second-order valence-corrected chi connectivity index (χ2v) is 8.78. The molecule has 4 heterocycles. The summed E-state index contributed by atoms with van der Waals surface area (Å²) in [5, 5.41) is 30.9. The monoisotopic (exact) mass is 483 g/mol. The summed E-state index contributed by atoms with van der Waals surface area (Å²) in [6.45, 7) is 5.02. The number of rotatable bonds is 6. The zero-order valence-electron chi connectivity index (χ0n) is 19.4. The summed E-state index contributed by atoms with van der Waals surface area (Å²) in [6, 6.07) is 10.6. The molecule has 0 spiro atoms. The number of hydrazine groups is 1. The van der Waals surface area contributed by atoms with Gasteiger partial charge < -0.3 is 20.8 Å². The molecule has 0 saturated heterocycles. The van der Waals surface area contributed by atoms with Crippen molar-refractivity contribution >= 4 is 23.3 Å². The Bertz CT molecular complexity index is 1240. The normalized spacial score (nSPS) is 19.4. The first-order valence-electron chi connectivity index (χ1n) is 11.5. The summed E-state index contributed by atoms with van der Waals surface area (Å²) in [5.41, 5.74) is 1.22. The van der Waals surface area contributed by atoms with Gasteiger partial charge in [-0.15, -0.1) is 0 Å². The Labute approximate surface area is 201 Å². The molecule has 1 aromatic carbocycles. The van der Waals surface area contributed by atoms with Crippen LogP contribution in [-0.2, 0) is 18.6 Å². The maximum Gasteiger partial charge on any atom is 0.272 e. The van der Waals surface area contributed by atoms with Gasteiger partial charge in [-0.3, -0.25) is 0 Å². The molecule has 2 aromatic heterocycles. The highest BCUT2D eigenvalue weighted by Gasteiger charge is 2.40. The Morgan fingerprint density at radius 2 is 2.06 bits per heavy atom. The van der Waals surface area contributed by atoms with Crippen molar-refractivity contribution in [3.63, 3.8) is 0 Å². The van der Waals surface area contributed by atoms with E-state index in [1.165, 1.54) is 23.3 Å². The van der Waals surface area contributed by atoms with Gasteiger partial charge in [0.05, 0.1) is 11.3 Å². The van der Waals surface area contributed by atoms with Crippen LogP contribution in [0.1, 0.15) is 42.5 Å². The van der Waals surface area contributed by atoms with Gasteiger partial charge >= 0.3 is 0 Å². The highest BCUT2D eigenvalue weighted by atomic mass is 19.3. The molecule has 0 amide bonds. The first kappa shape index (κ1) is 23.5. The zero-order valence-corrected chi connectivity index (χ0v) is 19.4. The molecule has 0 saturated carbocycles. The van der Waals surface area contributed by atoms with Gasteiger partial charge in [-0.2, -0.15) is 9.99 Å². The molecule has 2 unspecified atom stereocenters. The number of nitrogens with one attached hydrogen (secondary N) is 2. The average Bonchev–Trinajstić information content (AvgIpc) is 3.14. The lowest BCUT2D eigenvalue weighted by molar-refractivity contribution is -0.0910. The topological polar surface area (TPSA) is 110 Å². The van der Waals surface area contributed by atoms with Crippen molar-refractivity contribution in [2.45, 2.75) is 45.1 Å². The largest absolute Gasteiger partial charge is 0.378 e. The van der Waals surface area contributed by atoms with Crippen LogP contribution in [0, 0.1) is 0 Å². The Balaban J connectivity index is 1.51. The van der Waals surface area contributed by atoms with Gasteiger partial charge in [-0.1, -0.05) is 19.1 Å². The van der Waals surface area contributed by atoms with Crippen LogP contribution in [0.3, 0.4) is 0 Å². The second-order valence-electron chi connectivity index (χ2n) is 8.78. The summed E-state index contributed by atoms with van der Waals surface area (Å²) in [6.07, 6.45) is -1.58. The zero-order chi connectivity index (χ0) is 24.7. The Morgan fingerprint density at radius 3 is 2.83 bits per heavy atom. The van der Waals surface area contributed by atoms with Crippen LogP contribution in [0.25, 0.3) is 0 Å². The fourth-order valence-electron chi connectivity index (χ4n) is 4.36. The van der Waals surface area contributed by atoms with Crippen molar-refractivity contribution in [2.75, 3.05) is 23.4 Å². The van der Waals surface area contributed by atoms with Gasteiger partial charge in [0.25, 0.3) is 6.43 Å². The van der Waals surface area contributed by atoms with Crippen LogP contribution >= 0.6 is 0 Å². The number of halogens is 2. The molecular weight excluding hydrogens is 456 g/mol. The third-order valence-corrected chi connectivity index (χ3v) is 6.38. The number of hydrogen-bond acceptors (Lipinski definition) is 9. The van der Waals surface area contributed by atoms with E-state index in [0.717, 1.165) is 32.1 Å². The van der Waals surface area contributed by atoms with E-state index in [4.69, 9.17) is 0 Å². The Hall–Kier alpha value is -3.25. The van der Waals surface area contributed by atoms with E-state index in [1.54, 1.807) is 22.3 Å². The van der Waals surface area contributed by atoms with Gasteiger partial charge in [0.1, 0.15) is 5.82 Å². The van der Waals surface area contributed by atoms with Crippen LogP contribution in [0.4, 0.5) is 32.1 Å². The highest BCUT2D eigenvalue weighted by Crippen LogP contribution is 2.42. The predicted molar refractivity (Wildman–Crippen MR) is 126 cm³/mol. The maximum absolute atomic E-state index is 13.4. The number of fused-ring (bicyclic) bond motifs is 2. The molecule has 0 fully saturated rings. The van der Waals surface area contributed by atoms with Crippen LogP contribution in [0.2, 0.25) is 0 Å². The van der Waals surface area contributed by atoms with Crippen molar-refractivity contribution in [2.24, 2.45) is 0 Å². The molecule has 2 aliphatic heterocycles. The molecular formula is C24H27F2N7O2. The Kier molecular flexibility index (Phi) is 6.09. The number of aromatic nitrogens is 3. The van der Waals surface area contributed by atoms with Gasteiger partial charge in [0.15, 0.2) is 17.6 Å². The van der Waals surface area contributed by atoms with Crippen molar-refractivity contribution < 1.29 is 19.0 Å². The molecule has 35 heavy (non-hydrogen) atoms. The predicted octanol–water partition coefficient (Wildman–Crippen LogP) is 3.11. The number of anilines is 4. The molecule has 0 bridgehead atoms. The Morgan fingerprint density at radius 1 is 1.23 bits per heavy atom. The second kappa shape index (κ2) is 9.08. The average molecular weight is 484 g/mol. The van der Waals surface area contributed by atoms with Crippen molar-refractivity contribution in [3.8, 4) is 0 Å². The first-order valence-corrected chi connectivity index (χ1v) is 11.5. The lowest BCUT2D eigenvalue weighted by Crippen LogP contribution is -2.38. The van der Waals surface area contributed by atoms with Crippen LogP contribution < -0.4 is 15.6 Å². The van der Waals surface area contributed by atoms with E-state index >= 15 is 0 Å². The van der Waals surface area contributed by atoms with Gasteiger partial charge in [-0.25, -0.2) is 23.8 Å². The fourth-order valence-corrected chi connectivity index (χ4v) is 4.36. The standard InChI is InChI=1S/C24H27F2N7O2/c1-3-32-21(34)17-13-28-23(29-16-8-7-15-12-27-10-9-14(15)11-16)31-20(17)33(32)19-6-4-5-18(30-19)24(2,35)22(25)26/h4-8,11,13,21-22,27,34-35H,3,9-10,12H2,1-2H3,(H,28,29,31). The number of alkyl halides is 2. The molecule has 11 heteroatoms.